The molecule has 0 amide bonds. The van der Waals surface area contributed by atoms with Crippen molar-refractivity contribution in [3.8, 4) is 0 Å². The molecule has 18 heavy (non-hydrogen) atoms. The maximum atomic E-state index is 3.61. The van der Waals surface area contributed by atoms with Gasteiger partial charge in [0.05, 0.1) is 0 Å². The number of rotatable bonds is 4. The molecule has 0 aliphatic carbocycles. The van der Waals surface area contributed by atoms with Crippen molar-refractivity contribution in [2.75, 3.05) is 7.05 Å². The molecule has 1 unspecified atom stereocenters. The summed E-state index contributed by atoms with van der Waals surface area (Å²) < 4.78 is 1.22. The number of aryl methyl sites for hydroxylation is 2. The molecule has 96 valence electrons. The lowest BCUT2D eigenvalue weighted by Gasteiger charge is -2.19. The third-order valence-corrected chi connectivity index (χ3v) is 5.18. The molecule has 1 N–H and O–H groups in total. The maximum Gasteiger partial charge on any atom is 0.0369 e. The second-order valence-electron chi connectivity index (χ2n) is 4.60. The van der Waals surface area contributed by atoms with Gasteiger partial charge in [0.15, 0.2) is 0 Å². The van der Waals surface area contributed by atoms with Gasteiger partial charge in [-0.3, -0.25) is 0 Å². The summed E-state index contributed by atoms with van der Waals surface area (Å²) in [6.07, 6.45) is 1.03. The third-order valence-electron chi connectivity index (χ3n) is 3.23. The SMILES string of the molecule is CNC(Cc1sccc1Br)c1ccc(C)cc1C. The van der Waals surface area contributed by atoms with E-state index in [-0.39, 0.29) is 0 Å². The largest absolute Gasteiger partial charge is 0.313 e. The molecule has 0 spiro atoms. The van der Waals surface area contributed by atoms with E-state index in [9.17, 15) is 0 Å². The minimum Gasteiger partial charge on any atom is -0.313 e. The van der Waals surface area contributed by atoms with Crippen LogP contribution in [0, 0.1) is 13.8 Å². The second kappa shape index (κ2) is 6.00. The first-order chi connectivity index (χ1) is 8.61. The molecule has 1 aromatic heterocycles. The molecule has 3 heteroatoms. The summed E-state index contributed by atoms with van der Waals surface area (Å²) >= 11 is 5.42. The van der Waals surface area contributed by atoms with Crippen molar-refractivity contribution in [2.45, 2.75) is 26.3 Å². The predicted molar refractivity (Wildman–Crippen MR) is 83.4 cm³/mol. The lowest BCUT2D eigenvalue weighted by molar-refractivity contribution is 0.592. The van der Waals surface area contributed by atoms with Gasteiger partial charge < -0.3 is 5.32 Å². The van der Waals surface area contributed by atoms with Gasteiger partial charge in [-0.25, -0.2) is 0 Å². The summed E-state index contributed by atoms with van der Waals surface area (Å²) in [5, 5.41) is 5.56. The molecule has 0 aliphatic heterocycles. The van der Waals surface area contributed by atoms with Gasteiger partial charge in [0.25, 0.3) is 0 Å². The van der Waals surface area contributed by atoms with Crippen LogP contribution >= 0.6 is 27.3 Å². The fourth-order valence-corrected chi connectivity index (χ4v) is 3.80. The summed E-state index contributed by atoms with van der Waals surface area (Å²) in [6.45, 7) is 4.33. The predicted octanol–water partition coefficient (Wildman–Crippen LogP) is 4.63. The molecule has 0 saturated carbocycles. The summed E-state index contributed by atoms with van der Waals surface area (Å²) in [5.74, 6) is 0. The highest BCUT2D eigenvalue weighted by Gasteiger charge is 2.14. The highest BCUT2D eigenvalue weighted by atomic mass is 79.9. The standard InChI is InChI=1S/C15H18BrNS/c1-10-4-5-12(11(2)8-10)14(17-3)9-15-13(16)6-7-18-15/h4-8,14,17H,9H2,1-3H3. The van der Waals surface area contributed by atoms with Gasteiger partial charge in [-0.2, -0.15) is 0 Å². The Morgan fingerprint density at radius 3 is 2.61 bits per heavy atom. The first-order valence-corrected chi connectivity index (χ1v) is 7.75. The summed E-state index contributed by atoms with van der Waals surface area (Å²) in [7, 11) is 2.03. The lowest BCUT2D eigenvalue weighted by atomic mass is 9.97. The fourth-order valence-electron chi connectivity index (χ4n) is 2.24. The van der Waals surface area contributed by atoms with E-state index in [0.29, 0.717) is 6.04 Å². The van der Waals surface area contributed by atoms with Crippen LogP contribution in [0.15, 0.2) is 34.1 Å². The fraction of sp³-hybridized carbons (Fsp3) is 0.333. The smallest absolute Gasteiger partial charge is 0.0369 e. The van der Waals surface area contributed by atoms with Crippen molar-refractivity contribution in [3.05, 3.63) is 55.7 Å². The topological polar surface area (TPSA) is 12.0 Å². The molecule has 2 aromatic rings. The summed E-state index contributed by atoms with van der Waals surface area (Å²) in [4.78, 5) is 1.40. The zero-order valence-corrected chi connectivity index (χ0v) is 13.4. The van der Waals surface area contributed by atoms with Crippen molar-refractivity contribution in [1.82, 2.24) is 5.32 Å². The molecular weight excluding hydrogens is 306 g/mol. The number of nitrogens with one attached hydrogen (secondary N) is 1. The molecular formula is C15H18BrNS. The van der Waals surface area contributed by atoms with Crippen LogP contribution in [0.5, 0.6) is 0 Å². The molecule has 1 aromatic carbocycles. The first kappa shape index (κ1) is 13.8. The Kier molecular flexibility index (Phi) is 4.60. The Labute approximate surface area is 121 Å². The minimum atomic E-state index is 0.376. The average molecular weight is 324 g/mol. The molecule has 1 atom stereocenters. The van der Waals surface area contributed by atoms with Crippen molar-refractivity contribution in [2.24, 2.45) is 0 Å². The van der Waals surface area contributed by atoms with Crippen molar-refractivity contribution < 1.29 is 0 Å². The molecule has 0 radical (unpaired) electrons. The van der Waals surface area contributed by atoms with Gasteiger partial charge >= 0.3 is 0 Å². The quantitative estimate of drug-likeness (QED) is 0.864. The monoisotopic (exact) mass is 323 g/mol. The minimum absolute atomic E-state index is 0.376. The zero-order chi connectivity index (χ0) is 13.1. The van der Waals surface area contributed by atoms with Crippen LogP contribution in [0.25, 0.3) is 0 Å². The van der Waals surface area contributed by atoms with E-state index in [0.717, 1.165) is 6.42 Å². The number of likely N-dealkylation sites (N-methyl/N-ethyl adjacent to an activating group) is 1. The van der Waals surface area contributed by atoms with Gasteiger partial charge in [0, 0.05) is 21.8 Å². The molecule has 1 heterocycles. The van der Waals surface area contributed by atoms with Gasteiger partial charge in [0.2, 0.25) is 0 Å². The van der Waals surface area contributed by atoms with Crippen LogP contribution < -0.4 is 5.32 Å². The van der Waals surface area contributed by atoms with Crippen molar-refractivity contribution in [3.63, 3.8) is 0 Å². The van der Waals surface area contributed by atoms with E-state index in [4.69, 9.17) is 0 Å². The highest BCUT2D eigenvalue weighted by molar-refractivity contribution is 9.10. The third kappa shape index (κ3) is 3.02. The van der Waals surface area contributed by atoms with Crippen LogP contribution in [-0.2, 0) is 6.42 Å². The van der Waals surface area contributed by atoms with Gasteiger partial charge in [-0.05, 0) is 59.4 Å². The Bertz CT molecular complexity index is 533. The maximum absolute atomic E-state index is 3.61. The number of benzene rings is 1. The van der Waals surface area contributed by atoms with Crippen LogP contribution in [0.2, 0.25) is 0 Å². The first-order valence-electron chi connectivity index (χ1n) is 6.08. The van der Waals surface area contributed by atoms with Crippen LogP contribution in [0.3, 0.4) is 0 Å². The molecule has 0 bridgehead atoms. The molecule has 0 fully saturated rings. The van der Waals surface area contributed by atoms with Gasteiger partial charge in [0.1, 0.15) is 0 Å². The Hall–Kier alpha value is -0.640. The second-order valence-corrected chi connectivity index (χ2v) is 6.45. The molecule has 2 rings (SSSR count). The number of hydrogen-bond donors (Lipinski definition) is 1. The molecule has 0 saturated heterocycles. The van der Waals surface area contributed by atoms with Crippen molar-refractivity contribution in [1.29, 1.82) is 0 Å². The van der Waals surface area contributed by atoms with E-state index < -0.39 is 0 Å². The summed E-state index contributed by atoms with van der Waals surface area (Å²) in [6, 6.07) is 9.18. The van der Waals surface area contributed by atoms with E-state index in [2.05, 4.69) is 64.7 Å². The Balaban J connectivity index is 2.26. The number of thiophene rings is 1. The Morgan fingerprint density at radius 2 is 2.06 bits per heavy atom. The summed E-state index contributed by atoms with van der Waals surface area (Å²) in [5.41, 5.74) is 4.08. The number of hydrogen-bond acceptors (Lipinski definition) is 2. The van der Waals surface area contributed by atoms with E-state index in [1.807, 2.05) is 18.4 Å². The van der Waals surface area contributed by atoms with Gasteiger partial charge in [-0.15, -0.1) is 11.3 Å². The molecule has 0 aliphatic rings. The van der Waals surface area contributed by atoms with Crippen LogP contribution in [-0.4, -0.2) is 7.05 Å². The lowest BCUT2D eigenvalue weighted by Crippen LogP contribution is -2.19. The van der Waals surface area contributed by atoms with Gasteiger partial charge in [-0.1, -0.05) is 23.8 Å². The average Bonchev–Trinajstić information content (AvgIpc) is 2.73. The van der Waals surface area contributed by atoms with Crippen LogP contribution in [0.4, 0.5) is 0 Å². The normalized spacial score (nSPS) is 12.7. The van der Waals surface area contributed by atoms with E-state index >= 15 is 0 Å². The van der Waals surface area contributed by atoms with Crippen LogP contribution in [0.1, 0.15) is 27.6 Å². The van der Waals surface area contributed by atoms with E-state index in [1.54, 1.807) is 0 Å². The number of halogens is 1. The zero-order valence-electron chi connectivity index (χ0n) is 11.0. The highest BCUT2D eigenvalue weighted by Crippen LogP contribution is 2.29. The van der Waals surface area contributed by atoms with Crippen molar-refractivity contribution >= 4 is 27.3 Å². The van der Waals surface area contributed by atoms with E-state index in [1.165, 1.54) is 26.0 Å². The Morgan fingerprint density at radius 1 is 1.28 bits per heavy atom. The molecule has 1 nitrogen and oxygen atoms in total.